The fourth-order valence-corrected chi connectivity index (χ4v) is 6.07. The minimum absolute atomic E-state index is 0.0999. The second-order valence-electron chi connectivity index (χ2n) is 10.3. The van der Waals surface area contributed by atoms with Crippen LogP contribution in [0.2, 0.25) is 0 Å². The van der Waals surface area contributed by atoms with Gasteiger partial charge in [0.2, 0.25) is 0 Å². The minimum atomic E-state index is -0.549. The highest BCUT2D eigenvalue weighted by Gasteiger charge is 2.44. The van der Waals surface area contributed by atoms with Gasteiger partial charge in [-0.15, -0.1) is 0 Å². The van der Waals surface area contributed by atoms with E-state index in [2.05, 4.69) is 33.3 Å². The lowest BCUT2D eigenvalue weighted by atomic mass is 9.64. The van der Waals surface area contributed by atoms with Crippen LogP contribution in [-0.2, 0) is 12.8 Å². The van der Waals surface area contributed by atoms with Crippen molar-refractivity contribution in [3.05, 3.63) is 41.1 Å². The first kappa shape index (κ1) is 20.7. The van der Waals surface area contributed by atoms with Crippen molar-refractivity contribution in [2.75, 3.05) is 33.7 Å². The van der Waals surface area contributed by atoms with E-state index in [0.717, 1.165) is 87.8 Å². The van der Waals surface area contributed by atoms with E-state index in [-0.39, 0.29) is 5.91 Å². The number of hydrogen-bond acceptors (Lipinski definition) is 4. The van der Waals surface area contributed by atoms with E-state index < -0.39 is 5.60 Å². The molecule has 0 radical (unpaired) electrons. The summed E-state index contributed by atoms with van der Waals surface area (Å²) in [4.78, 5) is 17.4. The van der Waals surface area contributed by atoms with E-state index in [4.69, 9.17) is 0 Å². The molecule has 1 spiro atoms. The molecule has 6 nitrogen and oxygen atoms in total. The summed E-state index contributed by atoms with van der Waals surface area (Å²) in [5.41, 5.74) is 4.93. The maximum Gasteiger partial charge on any atom is 0.272 e. The number of aryl methyl sites for hydroxylation is 1. The lowest BCUT2D eigenvalue weighted by Crippen LogP contribution is -2.50. The van der Waals surface area contributed by atoms with Gasteiger partial charge in [-0.3, -0.25) is 9.89 Å². The zero-order valence-electron chi connectivity index (χ0n) is 18.8. The van der Waals surface area contributed by atoms with Gasteiger partial charge in [0, 0.05) is 30.8 Å². The molecule has 2 fully saturated rings. The highest BCUT2D eigenvalue weighted by molar-refractivity contribution is 5.96. The molecule has 1 saturated heterocycles. The first-order valence-corrected chi connectivity index (χ1v) is 11.7. The Hall–Kier alpha value is -2.18. The van der Waals surface area contributed by atoms with Crippen molar-refractivity contribution in [3.8, 4) is 11.3 Å². The fourth-order valence-electron chi connectivity index (χ4n) is 6.07. The van der Waals surface area contributed by atoms with Crippen LogP contribution in [0.5, 0.6) is 0 Å². The molecule has 1 aliphatic heterocycles. The fraction of sp³-hybridized carbons (Fsp3) is 0.600. The van der Waals surface area contributed by atoms with Gasteiger partial charge < -0.3 is 14.9 Å². The van der Waals surface area contributed by atoms with Crippen molar-refractivity contribution in [1.82, 2.24) is 20.0 Å². The Morgan fingerprint density at radius 1 is 1.10 bits per heavy atom. The van der Waals surface area contributed by atoms with Gasteiger partial charge in [0.15, 0.2) is 0 Å². The van der Waals surface area contributed by atoms with Crippen LogP contribution in [0.1, 0.15) is 60.1 Å². The molecule has 2 aromatic rings. The molecule has 6 heteroatoms. The number of hydrogen-bond donors (Lipinski definition) is 2. The molecule has 2 aliphatic carbocycles. The van der Waals surface area contributed by atoms with E-state index in [9.17, 15) is 9.90 Å². The second kappa shape index (κ2) is 7.75. The quantitative estimate of drug-likeness (QED) is 0.796. The van der Waals surface area contributed by atoms with Crippen molar-refractivity contribution in [1.29, 1.82) is 0 Å². The number of likely N-dealkylation sites (tertiary alicyclic amines) is 1. The standard InChI is InChI=1S/C25H34N4O2/c1-28(2)17-25(31)11-9-24(10-12-25)13-15-29(16-14-24)23(30)22-20-8-7-18-5-3-4-6-19(18)21(20)26-27-22/h3-6,31H,7-17H2,1-2H3,(H,26,27). The third-order valence-electron chi connectivity index (χ3n) is 7.96. The third-order valence-corrected chi connectivity index (χ3v) is 7.96. The van der Waals surface area contributed by atoms with Crippen molar-refractivity contribution in [2.24, 2.45) is 5.41 Å². The van der Waals surface area contributed by atoms with Crippen molar-refractivity contribution < 1.29 is 9.90 Å². The zero-order valence-corrected chi connectivity index (χ0v) is 18.8. The number of aromatic amines is 1. The highest BCUT2D eigenvalue weighted by Crippen LogP contribution is 2.48. The number of rotatable bonds is 3. The lowest BCUT2D eigenvalue weighted by Gasteiger charge is -2.48. The number of aliphatic hydroxyl groups is 1. The summed E-state index contributed by atoms with van der Waals surface area (Å²) in [6, 6.07) is 8.37. The number of likely N-dealkylation sites (N-methyl/N-ethyl adjacent to an activating group) is 1. The van der Waals surface area contributed by atoms with Crippen molar-refractivity contribution in [2.45, 2.75) is 57.0 Å². The van der Waals surface area contributed by atoms with Gasteiger partial charge >= 0.3 is 0 Å². The molecule has 2 N–H and O–H groups in total. The summed E-state index contributed by atoms with van der Waals surface area (Å²) in [5, 5.41) is 18.5. The maximum atomic E-state index is 13.3. The van der Waals surface area contributed by atoms with Crippen LogP contribution in [0.4, 0.5) is 0 Å². The Bertz CT molecular complexity index is 962. The first-order chi connectivity index (χ1) is 14.9. The SMILES string of the molecule is CN(C)CC1(O)CCC2(CCN(C(=O)c3[nH]nc4c3CCc3ccccc3-4)CC2)CC1. The number of amides is 1. The van der Waals surface area contributed by atoms with E-state index in [0.29, 0.717) is 11.1 Å². The lowest BCUT2D eigenvalue weighted by molar-refractivity contribution is -0.0616. The Kier molecular flexibility index (Phi) is 5.18. The van der Waals surface area contributed by atoms with Gasteiger partial charge in [0.1, 0.15) is 5.69 Å². The van der Waals surface area contributed by atoms with Crippen LogP contribution in [0.15, 0.2) is 24.3 Å². The van der Waals surface area contributed by atoms with E-state index in [1.54, 1.807) is 0 Å². The van der Waals surface area contributed by atoms with E-state index in [1.807, 2.05) is 25.1 Å². The van der Waals surface area contributed by atoms with Gasteiger partial charge in [-0.25, -0.2) is 0 Å². The van der Waals surface area contributed by atoms with Gasteiger partial charge in [0.05, 0.1) is 11.3 Å². The Balaban J connectivity index is 1.25. The van der Waals surface area contributed by atoms with Gasteiger partial charge in [-0.05, 0) is 76.4 Å². The average molecular weight is 423 g/mol. The molecule has 166 valence electrons. The van der Waals surface area contributed by atoms with Crippen molar-refractivity contribution >= 4 is 5.91 Å². The number of carbonyl (C=O) groups is 1. The van der Waals surface area contributed by atoms with Crippen LogP contribution >= 0.6 is 0 Å². The van der Waals surface area contributed by atoms with Crippen LogP contribution in [-0.4, -0.2) is 70.3 Å². The van der Waals surface area contributed by atoms with Crippen LogP contribution < -0.4 is 0 Å². The number of carbonyl (C=O) groups excluding carboxylic acids is 1. The van der Waals surface area contributed by atoms with Gasteiger partial charge in [-0.1, -0.05) is 24.3 Å². The molecule has 3 aliphatic rings. The number of fused-ring (bicyclic) bond motifs is 3. The largest absolute Gasteiger partial charge is 0.389 e. The molecule has 0 unspecified atom stereocenters. The summed E-state index contributed by atoms with van der Waals surface area (Å²) in [5.74, 6) is 0.0999. The summed E-state index contributed by atoms with van der Waals surface area (Å²) < 4.78 is 0. The predicted octanol–water partition coefficient (Wildman–Crippen LogP) is 3.26. The third kappa shape index (κ3) is 3.80. The number of H-pyrrole nitrogens is 1. The van der Waals surface area contributed by atoms with Gasteiger partial charge in [-0.2, -0.15) is 5.10 Å². The van der Waals surface area contributed by atoms with Crippen LogP contribution in [0.25, 0.3) is 11.3 Å². The number of aromatic nitrogens is 2. The molecule has 1 saturated carbocycles. The Labute approximate surface area is 184 Å². The topological polar surface area (TPSA) is 72.5 Å². The van der Waals surface area contributed by atoms with Gasteiger partial charge in [0.25, 0.3) is 5.91 Å². The summed E-state index contributed by atoms with van der Waals surface area (Å²) >= 11 is 0. The number of piperidine rings is 1. The van der Waals surface area contributed by atoms with E-state index in [1.165, 1.54) is 5.56 Å². The van der Waals surface area contributed by atoms with Crippen LogP contribution in [0.3, 0.4) is 0 Å². The summed E-state index contributed by atoms with van der Waals surface area (Å²) in [6.07, 6.45) is 7.77. The molecular weight excluding hydrogens is 388 g/mol. The highest BCUT2D eigenvalue weighted by atomic mass is 16.3. The molecule has 0 atom stereocenters. The number of benzene rings is 1. The Morgan fingerprint density at radius 2 is 1.81 bits per heavy atom. The Morgan fingerprint density at radius 3 is 2.52 bits per heavy atom. The molecule has 1 aromatic heterocycles. The maximum absolute atomic E-state index is 13.3. The molecule has 31 heavy (non-hydrogen) atoms. The normalized spacial score (nSPS) is 21.7. The zero-order chi connectivity index (χ0) is 21.6. The minimum Gasteiger partial charge on any atom is -0.389 e. The monoisotopic (exact) mass is 422 g/mol. The van der Waals surface area contributed by atoms with E-state index >= 15 is 0 Å². The van der Waals surface area contributed by atoms with Crippen molar-refractivity contribution in [3.63, 3.8) is 0 Å². The number of nitrogens with one attached hydrogen (secondary N) is 1. The average Bonchev–Trinajstić information content (AvgIpc) is 3.20. The smallest absolute Gasteiger partial charge is 0.272 e. The molecular formula is C25H34N4O2. The molecule has 1 amide bonds. The van der Waals surface area contributed by atoms with Crippen LogP contribution in [0, 0.1) is 5.41 Å². The molecule has 0 bridgehead atoms. The number of nitrogens with zero attached hydrogens (tertiary/aromatic N) is 3. The second-order valence-corrected chi connectivity index (χ2v) is 10.3. The first-order valence-electron chi connectivity index (χ1n) is 11.7. The molecule has 5 rings (SSSR count). The molecule has 2 heterocycles. The summed E-state index contributed by atoms with van der Waals surface area (Å²) in [7, 11) is 4.05. The summed E-state index contributed by atoms with van der Waals surface area (Å²) in [6.45, 7) is 2.34. The predicted molar refractivity (Wildman–Crippen MR) is 121 cm³/mol. The molecule has 1 aromatic carbocycles.